The van der Waals surface area contributed by atoms with E-state index in [1.807, 2.05) is 0 Å². The van der Waals surface area contributed by atoms with Gasteiger partial charge in [0.15, 0.2) is 0 Å². The Kier molecular flexibility index (Phi) is 6.54. The normalized spacial score (nSPS) is 16.7. The van der Waals surface area contributed by atoms with Crippen molar-refractivity contribution < 1.29 is 22.3 Å². The van der Waals surface area contributed by atoms with E-state index in [-0.39, 0.29) is 23.3 Å². The number of carbonyl (C=O) groups excluding carboxylic acids is 1. The van der Waals surface area contributed by atoms with Gasteiger partial charge in [-0.1, -0.05) is 12.1 Å². The molecular weight excluding hydrogens is 473 g/mol. The van der Waals surface area contributed by atoms with Crippen molar-refractivity contribution in [2.45, 2.75) is 24.3 Å². The van der Waals surface area contributed by atoms with Crippen LogP contribution in [0.15, 0.2) is 59.6 Å². The van der Waals surface area contributed by atoms with Crippen LogP contribution in [0.3, 0.4) is 0 Å². The van der Waals surface area contributed by atoms with Gasteiger partial charge in [0.05, 0.1) is 41.4 Å². The van der Waals surface area contributed by atoms with E-state index in [1.54, 1.807) is 52.2 Å². The van der Waals surface area contributed by atoms with E-state index >= 15 is 0 Å². The number of aromatic nitrogens is 2. The van der Waals surface area contributed by atoms with Crippen molar-refractivity contribution in [2.75, 3.05) is 37.7 Å². The Labute approximate surface area is 203 Å². The Morgan fingerprint density at radius 1 is 1.03 bits per heavy atom. The molecule has 35 heavy (non-hydrogen) atoms. The van der Waals surface area contributed by atoms with E-state index in [0.717, 1.165) is 35.5 Å². The Morgan fingerprint density at radius 3 is 2.46 bits per heavy atom. The van der Waals surface area contributed by atoms with Gasteiger partial charge < -0.3 is 10.1 Å². The topological polar surface area (TPSA) is 96.8 Å². The number of nitrogens with zero attached hydrogens (tertiary/aromatic N) is 4. The smallest absolute Gasteiger partial charge is 0.322 e. The molecule has 1 fully saturated rings. The van der Waals surface area contributed by atoms with Crippen molar-refractivity contribution in [1.82, 2.24) is 19.4 Å². The molecule has 0 radical (unpaired) electrons. The molecule has 3 heterocycles. The number of halogens is 1. The van der Waals surface area contributed by atoms with Crippen molar-refractivity contribution in [3.05, 3.63) is 71.8 Å². The first-order chi connectivity index (χ1) is 16.9. The fraction of sp³-hybridized carbons (Fsp3) is 0.333. The first-order valence-corrected chi connectivity index (χ1v) is 12.9. The predicted octanol–water partition coefficient (Wildman–Crippen LogP) is 2.69. The van der Waals surface area contributed by atoms with Gasteiger partial charge in [-0.25, -0.2) is 22.3 Å². The highest BCUT2D eigenvalue weighted by Crippen LogP contribution is 2.29. The molecule has 0 spiro atoms. The highest BCUT2D eigenvalue weighted by atomic mass is 32.2. The maximum absolute atomic E-state index is 13.3. The summed E-state index contributed by atoms with van der Waals surface area (Å²) in [7, 11) is -3.56. The number of hydrogen-bond donors (Lipinski definition) is 1. The quantitative estimate of drug-likeness (QED) is 0.582. The van der Waals surface area contributed by atoms with E-state index in [1.165, 1.54) is 16.4 Å². The fourth-order valence-electron chi connectivity index (χ4n) is 4.35. The molecule has 11 heteroatoms. The number of benzene rings is 2. The number of fused-ring (bicyclic) bond motifs is 1. The lowest BCUT2D eigenvalue weighted by Gasteiger charge is -2.27. The Bertz CT molecular complexity index is 1300. The molecule has 1 aromatic heterocycles. The van der Waals surface area contributed by atoms with Gasteiger partial charge >= 0.3 is 6.03 Å². The Morgan fingerprint density at radius 2 is 1.74 bits per heavy atom. The van der Waals surface area contributed by atoms with Crippen LogP contribution in [-0.4, -0.2) is 61.4 Å². The number of anilines is 1. The van der Waals surface area contributed by atoms with Crippen molar-refractivity contribution in [3.8, 4) is 5.69 Å². The number of ether oxygens (including phenoxy) is 1. The molecule has 184 valence electrons. The van der Waals surface area contributed by atoms with Crippen molar-refractivity contribution in [2.24, 2.45) is 0 Å². The molecule has 2 aliphatic heterocycles. The number of morpholine rings is 1. The van der Waals surface area contributed by atoms with Crippen molar-refractivity contribution in [1.29, 1.82) is 0 Å². The average molecular weight is 500 g/mol. The van der Waals surface area contributed by atoms with Crippen LogP contribution >= 0.6 is 0 Å². The van der Waals surface area contributed by atoms with Crippen LogP contribution in [0.5, 0.6) is 0 Å². The number of amides is 2. The van der Waals surface area contributed by atoms with Crippen LogP contribution in [0, 0.1) is 5.82 Å². The molecule has 3 aromatic rings. The standard InChI is InChI=1S/C24H26FN5O4S/c25-19-5-7-20(8-6-19)30-22-2-1-11-29(23(22)17-27-30)24(31)26-16-18-3-9-21(10-4-18)35(32,33)28-12-14-34-15-13-28/h3-10,17H,1-2,11-16H2,(H,26,31). The third-order valence-electron chi connectivity index (χ3n) is 6.22. The van der Waals surface area contributed by atoms with Crippen molar-refractivity contribution >= 4 is 21.7 Å². The third kappa shape index (κ3) is 4.79. The second-order valence-electron chi connectivity index (χ2n) is 8.44. The molecule has 2 aliphatic rings. The maximum atomic E-state index is 13.3. The summed E-state index contributed by atoms with van der Waals surface area (Å²) in [4.78, 5) is 14.9. The first-order valence-electron chi connectivity index (χ1n) is 11.5. The van der Waals surface area contributed by atoms with Gasteiger partial charge in [-0.15, -0.1) is 0 Å². The van der Waals surface area contributed by atoms with E-state index in [2.05, 4.69) is 10.4 Å². The molecule has 2 amide bonds. The second-order valence-corrected chi connectivity index (χ2v) is 10.4. The van der Waals surface area contributed by atoms with E-state index in [0.29, 0.717) is 32.8 Å². The predicted molar refractivity (Wildman–Crippen MR) is 127 cm³/mol. The number of urea groups is 1. The van der Waals surface area contributed by atoms with Gasteiger partial charge in [-0.3, -0.25) is 4.90 Å². The van der Waals surface area contributed by atoms with Crippen LogP contribution in [0.4, 0.5) is 14.9 Å². The number of rotatable bonds is 5. The molecule has 1 N–H and O–H groups in total. The lowest BCUT2D eigenvalue weighted by molar-refractivity contribution is 0.0730. The van der Waals surface area contributed by atoms with E-state index in [9.17, 15) is 17.6 Å². The lowest BCUT2D eigenvalue weighted by Crippen LogP contribution is -2.42. The minimum Gasteiger partial charge on any atom is -0.379 e. The van der Waals surface area contributed by atoms with Crippen LogP contribution in [-0.2, 0) is 27.7 Å². The van der Waals surface area contributed by atoms with E-state index in [4.69, 9.17) is 4.74 Å². The number of sulfonamides is 1. The highest BCUT2D eigenvalue weighted by Gasteiger charge is 2.28. The van der Waals surface area contributed by atoms with Crippen LogP contribution < -0.4 is 10.2 Å². The minimum atomic E-state index is -3.56. The first kappa shape index (κ1) is 23.5. The molecular formula is C24H26FN5O4S. The summed E-state index contributed by atoms with van der Waals surface area (Å²) < 4.78 is 47.2. The average Bonchev–Trinajstić information content (AvgIpc) is 3.33. The molecule has 5 rings (SSSR count). The zero-order valence-corrected chi connectivity index (χ0v) is 19.9. The summed E-state index contributed by atoms with van der Waals surface area (Å²) in [6, 6.07) is 12.4. The molecule has 0 bridgehead atoms. The van der Waals surface area contributed by atoms with E-state index < -0.39 is 10.0 Å². The summed E-state index contributed by atoms with van der Waals surface area (Å²) in [6.45, 7) is 2.29. The fourth-order valence-corrected chi connectivity index (χ4v) is 5.76. The lowest BCUT2D eigenvalue weighted by atomic mass is 10.1. The van der Waals surface area contributed by atoms with Gasteiger partial charge in [-0.2, -0.15) is 9.40 Å². The largest absolute Gasteiger partial charge is 0.379 e. The summed E-state index contributed by atoms with van der Waals surface area (Å²) in [5, 5.41) is 7.34. The SMILES string of the molecule is O=C(NCc1ccc(S(=O)(=O)N2CCOCC2)cc1)N1CCCc2c1cnn2-c1ccc(F)cc1. The van der Waals surface area contributed by atoms with Crippen LogP contribution in [0.2, 0.25) is 0 Å². The maximum Gasteiger partial charge on any atom is 0.322 e. The monoisotopic (exact) mass is 499 g/mol. The summed E-state index contributed by atoms with van der Waals surface area (Å²) in [5.41, 5.74) is 3.15. The molecule has 1 saturated heterocycles. The van der Waals surface area contributed by atoms with Crippen LogP contribution in [0.25, 0.3) is 5.69 Å². The molecule has 0 unspecified atom stereocenters. The molecule has 0 saturated carbocycles. The zero-order chi connectivity index (χ0) is 24.4. The molecule has 0 atom stereocenters. The Balaban J connectivity index is 1.25. The molecule has 0 aliphatic carbocycles. The molecule has 9 nitrogen and oxygen atoms in total. The second kappa shape index (κ2) is 9.76. The van der Waals surface area contributed by atoms with Gasteiger partial charge in [0.2, 0.25) is 10.0 Å². The van der Waals surface area contributed by atoms with Crippen LogP contribution in [0.1, 0.15) is 17.7 Å². The summed E-state index contributed by atoms with van der Waals surface area (Å²) in [6.07, 6.45) is 3.19. The van der Waals surface area contributed by atoms with Crippen molar-refractivity contribution in [3.63, 3.8) is 0 Å². The highest BCUT2D eigenvalue weighted by molar-refractivity contribution is 7.89. The Hall–Kier alpha value is -3.28. The molecule has 2 aromatic carbocycles. The summed E-state index contributed by atoms with van der Waals surface area (Å²) in [5.74, 6) is -0.317. The van der Waals surface area contributed by atoms with Gasteiger partial charge in [0.1, 0.15) is 5.82 Å². The third-order valence-corrected chi connectivity index (χ3v) is 8.14. The number of nitrogens with one attached hydrogen (secondary N) is 1. The number of carbonyl (C=O) groups is 1. The summed E-state index contributed by atoms with van der Waals surface area (Å²) >= 11 is 0. The minimum absolute atomic E-state index is 0.225. The van der Waals surface area contributed by atoms with Gasteiger partial charge in [-0.05, 0) is 54.8 Å². The van der Waals surface area contributed by atoms with Gasteiger partial charge in [0, 0.05) is 26.2 Å². The zero-order valence-electron chi connectivity index (χ0n) is 19.1. The number of hydrogen-bond acceptors (Lipinski definition) is 5. The van der Waals surface area contributed by atoms with Gasteiger partial charge in [0.25, 0.3) is 0 Å².